The maximum Gasteiger partial charge on any atom is 0.119 e. The van der Waals surface area contributed by atoms with E-state index in [1.54, 1.807) is 12.1 Å². The van der Waals surface area contributed by atoms with Crippen LogP contribution in [0.1, 0.15) is 19.8 Å². The van der Waals surface area contributed by atoms with Gasteiger partial charge >= 0.3 is 0 Å². The molecule has 1 fully saturated rings. The summed E-state index contributed by atoms with van der Waals surface area (Å²) in [5.41, 5.74) is 6.31. The van der Waals surface area contributed by atoms with Gasteiger partial charge in [0.05, 0.1) is 0 Å². The summed E-state index contributed by atoms with van der Waals surface area (Å²) < 4.78 is 5.54. The van der Waals surface area contributed by atoms with Gasteiger partial charge in [-0.25, -0.2) is 0 Å². The highest BCUT2D eigenvalue weighted by atomic mass is 16.5. The molecule has 18 heavy (non-hydrogen) atoms. The summed E-state index contributed by atoms with van der Waals surface area (Å²) in [5, 5.41) is 9.95. The molecule has 3 N–H and O–H groups in total. The standard InChI is InChI=1S/C14H22N2O2/c1-2-16(12-5-6-12)9-13(17)10-18-14-7-3-11(15)4-8-14/h3-4,7-8,12-13,17H,2,5-6,9-10,15H2,1H3. The Morgan fingerprint density at radius 1 is 1.39 bits per heavy atom. The van der Waals surface area contributed by atoms with Crippen LogP contribution < -0.4 is 10.5 Å². The molecule has 1 aliphatic rings. The van der Waals surface area contributed by atoms with Crippen LogP contribution in [-0.2, 0) is 0 Å². The summed E-state index contributed by atoms with van der Waals surface area (Å²) in [7, 11) is 0. The first kappa shape index (κ1) is 13.2. The minimum absolute atomic E-state index is 0.327. The van der Waals surface area contributed by atoms with Crippen molar-refractivity contribution in [2.45, 2.75) is 31.9 Å². The Hall–Kier alpha value is -1.26. The Labute approximate surface area is 108 Å². The van der Waals surface area contributed by atoms with E-state index in [1.165, 1.54) is 12.8 Å². The molecule has 2 rings (SSSR count). The van der Waals surface area contributed by atoms with Crippen molar-refractivity contribution in [1.82, 2.24) is 4.90 Å². The van der Waals surface area contributed by atoms with Gasteiger partial charge in [0.15, 0.2) is 0 Å². The molecule has 1 unspecified atom stereocenters. The second kappa shape index (κ2) is 6.07. The summed E-state index contributed by atoms with van der Waals surface area (Å²) in [5.74, 6) is 0.748. The van der Waals surface area contributed by atoms with E-state index < -0.39 is 6.10 Å². The lowest BCUT2D eigenvalue weighted by molar-refractivity contribution is 0.0673. The summed E-state index contributed by atoms with van der Waals surface area (Å²) in [6.07, 6.45) is 2.08. The van der Waals surface area contributed by atoms with Crippen LogP contribution in [0.4, 0.5) is 5.69 Å². The number of rotatable bonds is 7. The molecule has 0 radical (unpaired) electrons. The fourth-order valence-electron chi connectivity index (χ4n) is 2.06. The second-order valence-corrected chi connectivity index (χ2v) is 4.85. The molecule has 0 bridgehead atoms. The van der Waals surface area contributed by atoms with Crippen molar-refractivity contribution < 1.29 is 9.84 Å². The Morgan fingerprint density at radius 2 is 2.06 bits per heavy atom. The van der Waals surface area contributed by atoms with Crippen molar-refractivity contribution in [3.8, 4) is 5.75 Å². The van der Waals surface area contributed by atoms with Gasteiger partial charge in [-0.15, -0.1) is 0 Å². The summed E-state index contributed by atoms with van der Waals surface area (Å²) in [6.45, 7) is 4.14. The second-order valence-electron chi connectivity index (χ2n) is 4.85. The molecule has 4 nitrogen and oxygen atoms in total. The van der Waals surface area contributed by atoms with Crippen molar-refractivity contribution in [1.29, 1.82) is 0 Å². The highest BCUT2D eigenvalue weighted by Crippen LogP contribution is 2.26. The van der Waals surface area contributed by atoms with Crippen LogP contribution in [0.3, 0.4) is 0 Å². The molecular weight excluding hydrogens is 228 g/mol. The fourth-order valence-corrected chi connectivity index (χ4v) is 2.06. The van der Waals surface area contributed by atoms with Crippen LogP contribution >= 0.6 is 0 Å². The molecule has 1 aromatic rings. The zero-order chi connectivity index (χ0) is 13.0. The van der Waals surface area contributed by atoms with Gasteiger partial charge in [0.2, 0.25) is 0 Å². The first-order chi connectivity index (χ1) is 8.69. The van der Waals surface area contributed by atoms with E-state index in [-0.39, 0.29) is 0 Å². The van der Waals surface area contributed by atoms with Crippen molar-refractivity contribution in [2.24, 2.45) is 0 Å². The van der Waals surface area contributed by atoms with Gasteiger partial charge in [0, 0.05) is 18.3 Å². The van der Waals surface area contributed by atoms with E-state index in [0.29, 0.717) is 24.9 Å². The van der Waals surface area contributed by atoms with E-state index in [0.717, 1.165) is 12.3 Å². The Bertz CT molecular complexity index is 363. The van der Waals surface area contributed by atoms with Gasteiger partial charge in [-0.1, -0.05) is 6.92 Å². The quantitative estimate of drug-likeness (QED) is 0.720. The molecule has 0 heterocycles. The van der Waals surface area contributed by atoms with Crippen molar-refractivity contribution >= 4 is 5.69 Å². The molecular formula is C14H22N2O2. The fraction of sp³-hybridized carbons (Fsp3) is 0.571. The minimum atomic E-state index is -0.442. The number of likely N-dealkylation sites (N-methyl/N-ethyl adjacent to an activating group) is 1. The number of nitrogens with zero attached hydrogens (tertiary/aromatic N) is 1. The van der Waals surface area contributed by atoms with Crippen molar-refractivity contribution in [3.63, 3.8) is 0 Å². The van der Waals surface area contributed by atoms with Crippen molar-refractivity contribution in [3.05, 3.63) is 24.3 Å². The maximum atomic E-state index is 9.95. The smallest absolute Gasteiger partial charge is 0.119 e. The summed E-state index contributed by atoms with van der Waals surface area (Å²) in [6, 6.07) is 7.91. The first-order valence-electron chi connectivity index (χ1n) is 6.59. The number of anilines is 1. The largest absolute Gasteiger partial charge is 0.491 e. The van der Waals surface area contributed by atoms with Gasteiger partial charge < -0.3 is 15.6 Å². The number of hydrogen-bond donors (Lipinski definition) is 2. The topological polar surface area (TPSA) is 58.7 Å². The number of nitrogens with two attached hydrogens (primary N) is 1. The van der Waals surface area contributed by atoms with Gasteiger partial charge in [0.25, 0.3) is 0 Å². The minimum Gasteiger partial charge on any atom is -0.491 e. The third-order valence-corrected chi connectivity index (χ3v) is 3.24. The molecule has 4 heteroatoms. The molecule has 0 aliphatic heterocycles. The number of benzene rings is 1. The lowest BCUT2D eigenvalue weighted by Gasteiger charge is -2.23. The summed E-state index contributed by atoms with van der Waals surface area (Å²) >= 11 is 0. The predicted molar refractivity (Wildman–Crippen MR) is 72.6 cm³/mol. The van der Waals surface area contributed by atoms with Crippen molar-refractivity contribution in [2.75, 3.05) is 25.4 Å². The number of aliphatic hydroxyl groups excluding tert-OH is 1. The highest BCUT2D eigenvalue weighted by Gasteiger charge is 2.28. The molecule has 1 saturated carbocycles. The molecule has 0 saturated heterocycles. The molecule has 1 aromatic carbocycles. The number of nitrogen functional groups attached to an aromatic ring is 1. The third kappa shape index (κ3) is 3.89. The number of aliphatic hydroxyl groups is 1. The Balaban J connectivity index is 1.73. The Kier molecular flexibility index (Phi) is 4.44. The van der Waals surface area contributed by atoms with E-state index in [2.05, 4.69) is 11.8 Å². The third-order valence-electron chi connectivity index (χ3n) is 3.24. The summed E-state index contributed by atoms with van der Waals surface area (Å²) in [4.78, 5) is 2.32. The number of hydrogen-bond acceptors (Lipinski definition) is 4. The molecule has 1 atom stereocenters. The first-order valence-corrected chi connectivity index (χ1v) is 6.59. The average Bonchev–Trinajstić information content (AvgIpc) is 3.19. The predicted octanol–water partition coefficient (Wildman–Crippen LogP) is 1.49. The van der Waals surface area contributed by atoms with E-state index in [9.17, 15) is 5.11 Å². The SMILES string of the molecule is CCN(CC(O)COc1ccc(N)cc1)C1CC1. The number of ether oxygens (including phenoxy) is 1. The van der Waals surface area contributed by atoms with E-state index in [1.807, 2.05) is 12.1 Å². The molecule has 0 amide bonds. The van der Waals surface area contributed by atoms with Gasteiger partial charge in [-0.2, -0.15) is 0 Å². The highest BCUT2D eigenvalue weighted by molar-refractivity contribution is 5.41. The Morgan fingerprint density at radius 3 is 2.61 bits per heavy atom. The van der Waals surface area contributed by atoms with Crippen LogP contribution in [0.5, 0.6) is 5.75 Å². The van der Waals surface area contributed by atoms with Gasteiger partial charge in [0.1, 0.15) is 18.5 Å². The normalized spacial score (nSPS) is 16.8. The molecule has 1 aliphatic carbocycles. The van der Waals surface area contributed by atoms with Crippen LogP contribution in [0.15, 0.2) is 24.3 Å². The monoisotopic (exact) mass is 250 g/mol. The van der Waals surface area contributed by atoms with Crippen LogP contribution in [0.25, 0.3) is 0 Å². The van der Waals surface area contributed by atoms with E-state index in [4.69, 9.17) is 10.5 Å². The zero-order valence-corrected chi connectivity index (χ0v) is 10.9. The maximum absolute atomic E-state index is 9.95. The molecule has 0 spiro atoms. The average molecular weight is 250 g/mol. The molecule has 100 valence electrons. The van der Waals surface area contributed by atoms with Crippen LogP contribution in [-0.4, -0.2) is 41.8 Å². The van der Waals surface area contributed by atoms with Crippen LogP contribution in [0.2, 0.25) is 0 Å². The molecule has 0 aromatic heterocycles. The lowest BCUT2D eigenvalue weighted by atomic mass is 10.3. The van der Waals surface area contributed by atoms with Crippen LogP contribution in [0, 0.1) is 0 Å². The van der Waals surface area contributed by atoms with Gasteiger partial charge in [-0.05, 0) is 43.7 Å². The van der Waals surface area contributed by atoms with Gasteiger partial charge in [-0.3, -0.25) is 4.90 Å². The zero-order valence-electron chi connectivity index (χ0n) is 10.9. The lowest BCUT2D eigenvalue weighted by Crippen LogP contribution is -2.36. The van der Waals surface area contributed by atoms with E-state index >= 15 is 0 Å².